The van der Waals surface area contributed by atoms with Crippen LogP contribution in [0.2, 0.25) is 0 Å². The zero-order chi connectivity index (χ0) is 16.3. The van der Waals surface area contributed by atoms with Gasteiger partial charge in [0.1, 0.15) is 4.75 Å². The zero-order valence-electron chi connectivity index (χ0n) is 14.1. The van der Waals surface area contributed by atoms with Crippen LogP contribution in [0.1, 0.15) is 96.8 Å². The molecule has 1 saturated heterocycles. The number of esters is 2. The van der Waals surface area contributed by atoms with E-state index >= 15 is 0 Å². The van der Waals surface area contributed by atoms with Crippen LogP contribution in [0, 0.1) is 0 Å². The molecule has 0 aromatic heterocycles. The maximum absolute atomic E-state index is 11.5. The van der Waals surface area contributed by atoms with Crippen molar-refractivity contribution in [1.29, 1.82) is 0 Å². The fraction of sp³-hybridized carbons (Fsp3) is 0.889. The number of carbonyl (C=O) groups excluding carboxylic acids is 2. The Kier molecular flexibility index (Phi) is 9.85. The lowest BCUT2D eigenvalue weighted by molar-refractivity contribution is -0.152. The van der Waals surface area contributed by atoms with E-state index in [1.807, 2.05) is 0 Å². The Hall–Kier alpha value is -0.510. The quantitative estimate of drug-likeness (QED) is 0.218. The summed E-state index contributed by atoms with van der Waals surface area (Å²) in [6.07, 6.45) is 16.2. The van der Waals surface area contributed by atoms with E-state index in [2.05, 4.69) is 24.3 Å². The third kappa shape index (κ3) is 7.66. The van der Waals surface area contributed by atoms with E-state index in [0.717, 1.165) is 12.8 Å². The monoisotopic (exact) mass is 328 g/mol. The van der Waals surface area contributed by atoms with Gasteiger partial charge in [0, 0.05) is 0 Å². The van der Waals surface area contributed by atoms with Gasteiger partial charge in [0.25, 0.3) is 0 Å². The molecule has 128 valence electrons. The summed E-state index contributed by atoms with van der Waals surface area (Å²) in [7, 11) is 0. The molecule has 0 bridgehead atoms. The first-order chi connectivity index (χ1) is 10.6. The van der Waals surface area contributed by atoms with Crippen LogP contribution in [-0.2, 0) is 14.3 Å². The third-order valence-corrected chi connectivity index (χ3v) is 5.03. The van der Waals surface area contributed by atoms with E-state index in [0.29, 0.717) is 6.42 Å². The standard InChI is InChI=1S/C18H32O3S/c1-2-3-4-5-6-7-8-9-10-11-12-13-14-18(22)15-16(19)21-17(18)20/h22H,2-15H2,1H3. The lowest BCUT2D eigenvalue weighted by Gasteiger charge is -2.15. The molecule has 4 heteroatoms. The van der Waals surface area contributed by atoms with Crippen molar-refractivity contribution in [1.82, 2.24) is 0 Å². The number of cyclic esters (lactones) is 2. The molecule has 0 spiro atoms. The van der Waals surface area contributed by atoms with Gasteiger partial charge in [0.15, 0.2) is 0 Å². The smallest absolute Gasteiger partial charge is 0.330 e. The van der Waals surface area contributed by atoms with Crippen molar-refractivity contribution in [2.24, 2.45) is 0 Å². The van der Waals surface area contributed by atoms with Gasteiger partial charge in [-0.25, -0.2) is 0 Å². The van der Waals surface area contributed by atoms with Gasteiger partial charge in [-0.15, -0.1) is 0 Å². The van der Waals surface area contributed by atoms with Gasteiger partial charge in [0.2, 0.25) is 0 Å². The Morgan fingerprint density at radius 2 is 1.32 bits per heavy atom. The Labute approximate surface area is 141 Å². The molecule has 1 fully saturated rings. The second-order valence-corrected chi connectivity index (χ2v) is 7.47. The lowest BCUT2D eigenvalue weighted by Crippen LogP contribution is -2.27. The Bertz CT molecular complexity index is 343. The normalized spacial score (nSPS) is 21.4. The Morgan fingerprint density at radius 1 is 0.864 bits per heavy atom. The molecule has 1 unspecified atom stereocenters. The predicted octanol–water partition coefficient (Wildman–Crippen LogP) is 5.22. The predicted molar refractivity (Wildman–Crippen MR) is 93.1 cm³/mol. The van der Waals surface area contributed by atoms with E-state index in [-0.39, 0.29) is 6.42 Å². The van der Waals surface area contributed by atoms with Crippen molar-refractivity contribution in [3.05, 3.63) is 0 Å². The van der Waals surface area contributed by atoms with E-state index < -0.39 is 16.7 Å². The summed E-state index contributed by atoms with van der Waals surface area (Å²) in [5.41, 5.74) is 0. The van der Waals surface area contributed by atoms with Crippen molar-refractivity contribution in [3.63, 3.8) is 0 Å². The van der Waals surface area contributed by atoms with Gasteiger partial charge >= 0.3 is 11.9 Å². The third-order valence-electron chi connectivity index (χ3n) is 4.47. The molecule has 22 heavy (non-hydrogen) atoms. The largest absolute Gasteiger partial charge is 0.392 e. The Morgan fingerprint density at radius 3 is 1.73 bits per heavy atom. The highest BCUT2D eigenvalue weighted by molar-refractivity contribution is 7.82. The summed E-state index contributed by atoms with van der Waals surface area (Å²) in [5.74, 6) is -0.886. The average Bonchev–Trinajstić information content (AvgIpc) is 2.73. The van der Waals surface area contributed by atoms with Crippen molar-refractivity contribution in [2.45, 2.75) is 102 Å². The second kappa shape index (κ2) is 11.1. The van der Waals surface area contributed by atoms with Crippen LogP contribution >= 0.6 is 12.6 Å². The molecule has 0 radical (unpaired) electrons. The number of hydrogen-bond acceptors (Lipinski definition) is 4. The van der Waals surface area contributed by atoms with Crippen molar-refractivity contribution in [2.75, 3.05) is 0 Å². The highest BCUT2D eigenvalue weighted by atomic mass is 32.1. The summed E-state index contributed by atoms with van der Waals surface area (Å²) in [6.45, 7) is 2.25. The van der Waals surface area contributed by atoms with Crippen LogP contribution in [0.25, 0.3) is 0 Å². The number of rotatable bonds is 13. The van der Waals surface area contributed by atoms with E-state index in [9.17, 15) is 9.59 Å². The number of ether oxygens (including phenoxy) is 1. The fourth-order valence-electron chi connectivity index (χ4n) is 2.99. The van der Waals surface area contributed by atoms with Gasteiger partial charge in [-0.05, 0) is 6.42 Å². The fourth-order valence-corrected chi connectivity index (χ4v) is 3.33. The van der Waals surface area contributed by atoms with Crippen molar-refractivity contribution in [3.8, 4) is 0 Å². The second-order valence-electron chi connectivity index (χ2n) is 6.61. The zero-order valence-corrected chi connectivity index (χ0v) is 15.0. The molecule has 0 N–H and O–H groups in total. The van der Waals surface area contributed by atoms with Gasteiger partial charge < -0.3 is 4.74 Å². The maximum atomic E-state index is 11.5. The minimum atomic E-state index is -0.852. The maximum Gasteiger partial charge on any atom is 0.330 e. The van der Waals surface area contributed by atoms with Crippen LogP contribution in [0.3, 0.4) is 0 Å². The van der Waals surface area contributed by atoms with Gasteiger partial charge in [0.05, 0.1) is 6.42 Å². The molecule has 3 nitrogen and oxygen atoms in total. The van der Waals surface area contributed by atoms with Crippen LogP contribution in [0.4, 0.5) is 0 Å². The molecule has 0 aromatic carbocycles. The number of hydrogen-bond donors (Lipinski definition) is 1. The molecule has 0 amide bonds. The summed E-state index contributed by atoms with van der Waals surface area (Å²) in [4.78, 5) is 22.6. The molecule has 1 atom stereocenters. The molecule has 0 saturated carbocycles. The minimum Gasteiger partial charge on any atom is -0.392 e. The van der Waals surface area contributed by atoms with E-state index in [1.165, 1.54) is 64.2 Å². The topological polar surface area (TPSA) is 43.4 Å². The first-order valence-corrected chi connectivity index (χ1v) is 9.51. The number of thiol groups is 1. The molecule has 1 aliphatic heterocycles. The first kappa shape index (κ1) is 19.5. The van der Waals surface area contributed by atoms with Crippen LogP contribution in [-0.4, -0.2) is 16.7 Å². The Balaban J connectivity index is 1.88. The van der Waals surface area contributed by atoms with Gasteiger partial charge in [-0.2, -0.15) is 12.6 Å². The summed E-state index contributed by atoms with van der Waals surface area (Å²) >= 11 is 4.35. The molecule has 1 rings (SSSR count). The summed E-state index contributed by atoms with van der Waals surface area (Å²) in [5, 5.41) is 0. The molecular weight excluding hydrogens is 296 g/mol. The molecule has 1 heterocycles. The van der Waals surface area contributed by atoms with E-state index in [4.69, 9.17) is 0 Å². The highest BCUT2D eigenvalue weighted by Gasteiger charge is 2.45. The minimum absolute atomic E-state index is 0.132. The first-order valence-electron chi connectivity index (χ1n) is 9.06. The van der Waals surface area contributed by atoms with E-state index in [1.54, 1.807) is 0 Å². The van der Waals surface area contributed by atoms with Gasteiger partial charge in [-0.3, -0.25) is 9.59 Å². The van der Waals surface area contributed by atoms with Crippen molar-refractivity contribution >= 4 is 24.6 Å². The van der Waals surface area contributed by atoms with Crippen molar-refractivity contribution < 1.29 is 14.3 Å². The SMILES string of the molecule is CCCCCCCCCCCCCCC1(S)CC(=O)OC1=O. The average molecular weight is 329 g/mol. The number of unbranched alkanes of at least 4 members (excludes halogenated alkanes) is 11. The summed E-state index contributed by atoms with van der Waals surface area (Å²) in [6, 6.07) is 0. The lowest BCUT2D eigenvalue weighted by atomic mass is 9.97. The molecule has 0 aliphatic carbocycles. The van der Waals surface area contributed by atoms with Crippen LogP contribution in [0.15, 0.2) is 0 Å². The molecular formula is C18H32O3S. The number of carbonyl (C=O) groups is 2. The highest BCUT2D eigenvalue weighted by Crippen LogP contribution is 2.33. The van der Waals surface area contributed by atoms with Crippen LogP contribution in [0.5, 0.6) is 0 Å². The molecule has 0 aromatic rings. The van der Waals surface area contributed by atoms with Gasteiger partial charge in [-0.1, -0.05) is 84.0 Å². The summed E-state index contributed by atoms with van der Waals surface area (Å²) < 4.78 is 3.73. The molecule has 1 aliphatic rings. The van der Waals surface area contributed by atoms with Crippen LogP contribution < -0.4 is 0 Å².